The first-order valence-electron chi connectivity index (χ1n) is 5.17. The van der Waals surface area contributed by atoms with E-state index in [4.69, 9.17) is 0 Å². The third-order valence-electron chi connectivity index (χ3n) is 2.71. The highest BCUT2D eigenvalue weighted by molar-refractivity contribution is 5.78. The van der Waals surface area contributed by atoms with E-state index in [9.17, 15) is 4.79 Å². The molecule has 0 aromatic heterocycles. The molecule has 13 heavy (non-hydrogen) atoms. The molecule has 0 aliphatic carbocycles. The predicted molar refractivity (Wildman–Crippen MR) is 55.6 cm³/mol. The second kappa shape index (κ2) is 4.61. The van der Waals surface area contributed by atoms with Crippen molar-refractivity contribution < 1.29 is 6.22 Å². The first-order valence-corrected chi connectivity index (χ1v) is 5.17. The largest absolute Gasteiger partial charge is 0.340 e. The van der Waals surface area contributed by atoms with Gasteiger partial charge in [-0.1, -0.05) is 13.8 Å². The summed E-state index contributed by atoms with van der Waals surface area (Å²) in [6, 6.07) is 0.446. The lowest BCUT2D eigenvalue weighted by atomic mass is 10.1. The third kappa shape index (κ3) is 2.69. The fraction of sp³-hybridized carbons (Fsp3) is 0.900. The van der Waals surface area contributed by atoms with Crippen LogP contribution in [-0.4, -0.2) is 36.5 Å². The van der Waals surface area contributed by atoms with Gasteiger partial charge in [-0.15, -0.1) is 0 Å². The Kier molecular flexibility index (Phi) is 3.72. The van der Waals surface area contributed by atoms with E-state index in [0.717, 1.165) is 26.1 Å². The van der Waals surface area contributed by atoms with Gasteiger partial charge in [0.05, 0.1) is 0 Å². The highest BCUT2D eigenvalue weighted by Gasteiger charge is 2.23. The van der Waals surface area contributed by atoms with Gasteiger partial charge in [0.2, 0.25) is 5.91 Å². The first-order chi connectivity index (χ1) is 6.15. The lowest BCUT2D eigenvalue weighted by molar-refractivity contribution is -0.136. The molecule has 3 heteroatoms. The summed E-state index contributed by atoms with van der Waals surface area (Å²) in [6.45, 7) is 8.86. The van der Waals surface area contributed by atoms with Gasteiger partial charge in [0.25, 0.3) is 0 Å². The average Bonchev–Trinajstić information content (AvgIpc) is 2.15. The second-order valence-electron chi connectivity index (χ2n) is 3.95. The van der Waals surface area contributed by atoms with Crippen LogP contribution in [0, 0.1) is 5.92 Å². The number of carbonyl (C=O) groups excluding carboxylic acids is 1. The van der Waals surface area contributed by atoms with Crippen LogP contribution >= 0.6 is 0 Å². The third-order valence-corrected chi connectivity index (χ3v) is 2.71. The molecular weight excluding hydrogens is 164 g/mol. The maximum absolute atomic E-state index is 11.8. The summed E-state index contributed by atoms with van der Waals surface area (Å²) in [6.07, 6.45) is 0.942. The molecule has 1 rings (SSSR count). The van der Waals surface area contributed by atoms with Crippen LogP contribution in [-0.2, 0) is 4.79 Å². The lowest BCUT2D eigenvalue weighted by Crippen LogP contribution is -2.52. The Balaban J connectivity index is 0.00000169. The van der Waals surface area contributed by atoms with Crippen LogP contribution < -0.4 is 5.32 Å². The molecule has 1 amide bonds. The van der Waals surface area contributed by atoms with E-state index in [1.807, 2.05) is 11.8 Å². The highest BCUT2D eigenvalue weighted by atomic mass is 16.2. The van der Waals surface area contributed by atoms with Crippen molar-refractivity contribution in [2.45, 2.75) is 33.2 Å². The topological polar surface area (TPSA) is 32.3 Å². The van der Waals surface area contributed by atoms with Gasteiger partial charge in [0, 0.05) is 33.0 Å². The maximum atomic E-state index is 11.8. The summed E-state index contributed by atoms with van der Waals surface area (Å²) in [5.41, 5.74) is 0. The van der Waals surface area contributed by atoms with Crippen LogP contribution in [0.2, 0.25) is 0 Å². The minimum Gasteiger partial charge on any atom is -0.340 e. The molecule has 1 unspecified atom stereocenters. The molecule has 2 atom stereocenters. The normalized spacial score (nSPS) is 25.8. The molecule has 0 bridgehead atoms. The van der Waals surface area contributed by atoms with Crippen molar-refractivity contribution in [3.63, 3.8) is 0 Å². The Bertz CT molecular complexity index is 187. The van der Waals surface area contributed by atoms with E-state index in [2.05, 4.69) is 19.2 Å². The Morgan fingerprint density at radius 1 is 1.77 bits per heavy atom. The first kappa shape index (κ1) is 10.5. The molecule has 1 aliphatic heterocycles. The molecule has 0 spiro atoms. The molecule has 1 aliphatic rings. The van der Waals surface area contributed by atoms with E-state index >= 15 is 0 Å². The van der Waals surface area contributed by atoms with E-state index in [0.29, 0.717) is 11.9 Å². The summed E-state index contributed by atoms with van der Waals surface area (Å²) >= 11 is 0. The smallest absolute Gasteiger partial charge is 0.225 e. The quantitative estimate of drug-likeness (QED) is 0.700. The van der Waals surface area contributed by atoms with Gasteiger partial charge in [0.15, 0.2) is 0 Å². The van der Waals surface area contributed by atoms with Gasteiger partial charge in [-0.2, -0.15) is 0 Å². The average molecular weight is 186 g/mol. The van der Waals surface area contributed by atoms with Crippen molar-refractivity contribution in [1.29, 1.82) is 0 Å². The molecule has 0 aromatic rings. The summed E-state index contributed by atoms with van der Waals surface area (Å²) in [4.78, 5) is 13.8. The zero-order valence-corrected chi connectivity index (χ0v) is 8.84. The molecule has 0 aromatic carbocycles. The van der Waals surface area contributed by atoms with Crippen LogP contribution in [0.1, 0.15) is 28.6 Å². The van der Waals surface area contributed by atoms with Gasteiger partial charge in [-0.05, 0) is 13.3 Å². The minimum atomic E-state index is 0. The maximum Gasteiger partial charge on any atom is 0.225 e. The molecular formula is C10H22N2O. The summed E-state index contributed by atoms with van der Waals surface area (Å²) < 4.78 is 0. The van der Waals surface area contributed by atoms with E-state index < -0.39 is 0 Å². The minimum absolute atomic E-state index is 0. The fourth-order valence-electron chi connectivity index (χ4n) is 1.62. The molecule has 0 radical (unpaired) electrons. The standard InChI is InChI=1S/C10H20N2O.H2/c1-4-8(2)10(13)12-6-5-11-9(3)7-12;/h8-9,11H,4-7H2,1-3H3;1H/t8?,9-;/m1./s1. The number of nitrogens with one attached hydrogen (secondary N) is 1. The Morgan fingerprint density at radius 3 is 3.00 bits per heavy atom. The number of rotatable bonds is 2. The number of amides is 1. The number of nitrogens with zero attached hydrogens (tertiary/aromatic N) is 1. The van der Waals surface area contributed by atoms with Crippen LogP contribution in [0.15, 0.2) is 0 Å². The van der Waals surface area contributed by atoms with Crippen molar-refractivity contribution in [3.8, 4) is 0 Å². The molecule has 3 nitrogen and oxygen atoms in total. The van der Waals surface area contributed by atoms with Crippen molar-refractivity contribution in [1.82, 2.24) is 10.2 Å². The molecule has 1 fully saturated rings. The fourth-order valence-corrected chi connectivity index (χ4v) is 1.62. The van der Waals surface area contributed by atoms with Crippen molar-refractivity contribution >= 4 is 5.91 Å². The van der Waals surface area contributed by atoms with Gasteiger partial charge in [0.1, 0.15) is 0 Å². The zero-order chi connectivity index (χ0) is 9.84. The van der Waals surface area contributed by atoms with Crippen LogP contribution in [0.3, 0.4) is 0 Å². The number of hydrogen-bond donors (Lipinski definition) is 1. The predicted octanol–water partition coefficient (Wildman–Crippen LogP) is 1.10. The SMILES string of the molecule is CCC(C)C(=O)N1CCN[C@H](C)C1.[HH]. The van der Waals surface area contributed by atoms with Crippen molar-refractivity contribution in [2.24, 2.45) is 5.92 Å². The van der Waals surface area contributed by atoms with Gasteiger partial charge < -0.3 is 10.2 Å². The summed E-state index contributed by atoms with van der Waals surface area (Å²) in [7, 11) is 0. The number of piperazine rings is 1. The van der Waals surface area contributed by atoms with E-state index in [1.54, 1.807) is 0 Å². The van der Waals surface area contributed by atoms with Gasteiger partial charge >= 0.3 is 0 Å². The summed E-state index contributed by atoms with van der Waals surface area (Å²) in [5.74, 6) is 0.501. The summed E-state index contributed by atoms with van der Waals surface area (Å²) in [5, 5.41) is 3.33. The second-order valence-corrected chi connectivity index (χ2v) is 3.95. The van der Waals surface area contributed by atoms with E-state index in [1.165, 1.54) is 0 Å². The number of carbonyl (C=O) groups is 1. The lowest BCUT2D eigenvalue weighted by Gasteiger charge is -2.33. The van der Waals surface area contributed by atoms with Crippen LogP contribution in [0.4, 0.5) is 0 Å². The molecule has 1 saturated heterocycles. The van der Waals surface area contributed by atoms with Crippen LogP contribution in [0.25, 0.3) is 0 Å². The zero-order valence-electron chi connectivity index (χ0n) is 8.84. The molecule has 0 saturated carbocycles. The Labute approximate surface area is 82.0 Å². The van der Waals surface area contributed by atoms with Crippen molar-refractivity contribution in [2.75, 3.05) is 19.6 Å². The van der Waals surface area contributed by atoms with Crippen LogP contribution in [0.5, 0.6) is 0 Å². The van der Waals surface area contributed by atoms with Gasteiger partial charge in [-0.3, -0.25) is 4.79 Å². The molecule has 1 heterocycles. The highest BCUT2D eigenvalue weighted by Crippen LogP contribution is 2.08. The molecule has 1 N–H and O–H groups in total. The Hall–Kier alpha value is -0.570. The van der Waals surface area contributed by atoms with Crippen molar-refractivity contribution in [3.05, 3.63) is 0 Å². The van der Waals surface area contributed by atoms with E-state index in [-0.39, 0.29) is 7.34 Å². The monoisotopic (exact) mass is 186 g/mol. The Morgan fingerprint density at radius 2 is 2.46 bits per heavy atom. The number of hydrogen-bond acceptors (Lipinski definition) is 2. The molecule has 78 valence electrons. The van der Waals surface area contributed by atoms with Gasteiger partial charge in [-0.25, -0.2) is 0 Å².